The Morgan fingerprint density at radius 1 is 1.19 bits per heavy atom. The molecule has 1 unspecified atom stereocenters. The molecule has 1 aromatic rings. The summed E-state index contributed by atoms with van der Waals surface area (Å²) in [6, 6.07) is 7.68. The van der Waals surface area contributed by atoms with E-state index in [1.165, 1.54) is 0 Å². The van der Waals surface area contributed by atoms with Crippen molar-refractivity contribution in [3.05, 3.63) is 24.3 Å². The summed E-state index contributed by atoms with van der Waals surface area (Å²) in [7, 11) is 0. The molecule has 21 heavy (non-hydrogen) atoms. The van der Waals surface area contributed by atoms with Gasteiger partial charge in [0.25, 0.3) is 0 Å². The highest BCUT2D eigenvalue weighted by molar-refractivity contribution is 6.01. The molecule has 1 atom stereocenters. The SMILES string of the molecule is O=C1CCC(Nc2ccc([N+]3=CCNCC3)cc2)C(=O)N1. The first kappa shape index (κ1) is 13.8. The molecule has 2 heterocycles. The third-order valence-corrected chi connectivity index (χ3v) is 3.76. The monoisotopic (exact) mass is 287 g/mol. The van der Waals surface area contributed by atoms with Gasteiger partial charge in [-0.05, 0) is 18.6 Å². The van der Waals surface area contributed by atoms with Gasteiger partial charge < -0.3 is 10.6 Å². The third-order valence-electron chi connectivity index (χ3n) is 3.76. The summed E-state index contributed by atoms with van der Waals surface area (Å²) < 4.78 is 2.21. The summed E-state index contributed by atoms with van der Waals surface area (Å²) in [5.41, 5.74) is 2.04. The molecule has 110 valence electrons. The van der Waals surface area contributed by atoms with Gasteiger partial charge in [0.05, 0.1) is 13.1 Å². The maximum absolute atomic E-state index is 11.7. The lowest BCUT2D eigenvalue weighted by Gasteiger charge is -2.22. The molecule has 0 aliphatic carbocycles. The van der Waals surface area contributed by atoms with Crippen molar-refractivity contribution in [3.8, 4) is 0 Å². The van der Waals surface area contributed by atoms with Gasteiger partial charge >= 0.3 is 0 Å². The van der Waals surface area contributed by atoms with Crippen LogP contribution in [0.3, 0.4) is 0 Å². The van der Waals surface area contributed by atoms with Crippen LogP contribution in [0.15, 0.2) is 24.3 Å². The molecule has 1 fully saturated rings. The Kier molecular flexibility index (Phi) is 3.96. The van der Waals surface area contributed by atoms with Crippen LogP contribution < -0.4 is 16.0 Å². The number of anilines is 1. The molecular weight excluding hydrogens is 268 g/mol. The Bertz CT molecular complexity index is 580. The second-order valence-corrected chi connectivity index (χ2v) is 5.27. The Labute approximate surface area is 123 Å². The average molecular weight is 287 g/mol. The minimum Gasteiger partial charge on any atom is -0.374 e. The number of benzene rings is 1. The van der Waals surface area contributed by atoms with Gasteiger partial charge in [0.2, 0.25) is 17.5 Å². The van der Waals surface area contributed by atoms with Gasteiger partial charge in [-0.25, -0.2) is 4.58 Å². The van der Waals surface area contributed by atoms with E-state index >= 15 is 0 Å². The standard InChI is InChI=1S/C15H18N4O2/c20-14-6-5-13(15(21)18-14)17-11-1-3-12(4-2-11)19-9-7-16-8-10-19/h1-4,9,13,16-17H,5-8,10H2/p+1. The maximum Gasteiger partial charge on any atom is 0.249 e. The largest absolute Gasteiger partial charge is 0.374 e. The first-order valence-electron chi connectivity index (χ1n) is 7.23. The second-order valence-electron chi connectivity index (χ2n) is 5.27. The van der Waals surface area contributed by atoms with E-state index in [4.69, 9.17) is 0 Å². The normalized spacial score (nSPS) is 22.5. The highest BCUT2D eigenvalue weighted by Crippen LogP contribution is 2.18. The van der Waals surface area contributed by atoms with E-state index in [9.17, 15) is 9.59 Å². The number of carbonyl (C=O) groups is 2. The van der Waals surface area contributed by atoms with Crippen LogP contribution in [0.5, 0.6) is 0 Å². The third kappa shape index (κ3) is 3.28. The van der Waals surface area contributed by atoms with Crippen LogP contribution in [-0.2, 0) is 9.59 Å². The molecule has 1 aromatic carbocycles. The van der Waals surface area contributed by atoms with Gasteiger partial charge in [-0.3, -0.25) is 14.9 Å². The van der Waals surface area contributed by atoms with Crippen LogP contribution in [0.2, 0.25) is 0 Å². The summed E-state index contributed by atoms with van der Waals surface area (Å²) >= 11 is 0. The smallest absolute Gasteiger partial charge is 0.249 e. The van der Waals surface area contributed by atoms with Crippen LogP contribution in [0.4, 0.5) is 11.4 Å². The zero-order chi connectivity index (χ0) is 14.7. The van der Waals surface area contributed by atoms with Crippen molar-refractivity contribution in [2.45, 2.75) is 18.9 Å². The first-order chi connectivity index (χ1) is 10.2. The van der Waals surface area contributed by atoms with E-state index in [2.05, 4.69) is 26.7 Å². The molecule has 0 bridgehead atoms. The van der Waals surface area contributed by atoms with E-state index in [0.29, 0.717) is 12.8 Å². The molecule has 6 nitrogen and oxygen atoms in total. The number of hydrogen-bond acceptors (Lipinski definition) is 4. The van der Waals surface area contributed by atoms with Crippen molar-refractivity contribution < 1.29 is 14.2 Å². The number of hydrogen-bond donors (Lipinski definition) is 3. The maximum atomic E-state index is 11.7. The molecule has 3 N–H and O–H groups in total. The fraction of sp³-hybridized carbons (Fsp3) is 0.400. The van der Waals surface area contributed by atoms with Crippen molar-refractivity contribution >= 4 is 29.4 Å². The molecule has 2 aliphatic rings. The number of nitrogens with one attached hydrogen (secondary N) is 3. The van der Waals surface area contributed by atoms with Gasteiger partial charge in [-0.2, -0.15) is 0 Å². The summed E-state index contributed by atoms with van der Waals surface area (Å²) in [6.07, 6.45) is 3.06. The van der Waals surface area contributed by atoms with Gasteiger partial charge in [0, 0.05) is 24.2 Å². The number of amides is 2. The summed E-state index contributed by atoms with van der Waals surface area (Å²) in [5.74, 6) is -0.437. The van der Waals surface area contributed by atoms with Gasteiger partial charge in [-0.1, -0.05) is 0 Å². The van der Waals surface area contributed by atoms with Crippen LogP contribution >= 0.6 is 0 Å². The molecule has 0 radical (unpaired) electrons. The quantitative estimate of drug-likeness (QED) is 0.549. The molecule has 6 heteroatoms. The molecular formula is C15H19N4O2+. The van der Waals surface area contributed by atoms with E-state index < -0.39 is 0 Å². The predicted molar refractivity (Wildman–Crippen MR) is 80.0 cm³/mol. The summed E-state index contributed by atoms with van der Waals surface area (Å²) in [6.45, 7) is 2.82. The van der Waals surface area contributed by atoms with E-state index in [0.717, 1.165) is 31.0 Å². The molecule has 0 spiro atoms. The van der Waals surface area contributed by atoms with Crippen LogP contribution in [0.1, 0.15) is 12.8 Å². The zero-order valence-electron chi connectivity index (χ0n) is 11.8. The Morgan fingerprint density at radius 2 is 2.00 bits per heavy atom. The molecule has 0 saturated carbocycles. The van der Waals surface area contributed by atoms with Crippen molar-refractivity contribution in [1.29, 1.82) is 0 Å². The number of rotatable bonds is 3. The fourth-order valence-corrected chi connectivity index (χ4v) is 2.58. The minimum atomic E-state index is -0.334. The number of nitrogens with zero attached hydrogens (tertiary/aromatic N) is 1. The van der Waals surface area contributed by atoms with Gasteiger partial charge in [-0.15, -0.1) is 0 Å². The topological polar surface area (TPSA) is 73.2 Å². The predicted octanol–water partition coefficient (Wildman–Crippen LogP) is 0.222. The lowest BCUT2D eigenvalue weighted by atomic mass is 10.1. The van der Waals surface area contributed by atoms with Crippen molar-refractivity contribution in [3.63, 3.8) is 0 Å². The van der Waals surface area contributed by atoms with Gasteiger partial charge in [0.1, 0.15) is 6.04 Å². The van der Waals surface area contributed by atoms with Crippen molar-refractivity contribution in [1.82, 2.24) is 10.6 Å². The Morgan fingerprint density at radius 3 is 2.67 bits per heavy atom. The Balaban J connectivity index is 1.65. The molecule has 0 aromatic heterocycles. The van der Waals surface area contributed by atoms with Crippen LogP contribution in [0, 0.1) is 0 Å². The molecule has 2 amide bonds. The zero-order valence-corrected chi connectivity index (χ0v) is 11.8. The first-order valence-corrected chi connectivity index (χ1v) is 7.23. The van der Waals surface area contributed by atoms with E-state index in [1.807, 2.05) is 24.3 Å². The highest BCUT2D eigenvalue weighted by atomic mass is 16.2. The summed E-state index contributed by atoms with van der Waals surface area (Å²) in [5, 5.41) is 8.81. The average Bonchev–Trinajstić information content (AvgIpc) is 2.52. The lowest BCUT2D eigenvalue weighted by Crippen LogP contribution is -2.47. The summed E-state index contributed by atoms with van der Waals surface area (Å²) in [4.78, 5) is 22.8. The van der Waals surface area contributed by atoms with E-state index in [-0.39, 0.29) is 17.9 Å². The van der Waals surface area contributed by atoms with Gasteiger partial charge in [0.15, 0.2) is 12.8 Å². The minimum absolute atomic E-state index is 0.192. The number of imide groups is 1. The second kappa shape index (κ2) is 6.05. The molecule has 2 aliphatic heterocycles. The molecule has 1 saturated heterocycles. The van der Waals surface area contributed by atoms with Crippen LogP contribution in [0.25, 0.3) is 0 Å². The Hall–Kier alpha value is -2.21. The number of carbonyl (C=O) groups excluding carboxylic acids is 2. The molecule has 3 rings (SSSR count). The van der Waals surface area contributed by atoms with Crippen LogP contribution in [-0.4, -0.2) is 48.3 Å². The lowest BCUT2D eigenvalue weighted by molar-refractivity contribution is -0.438. The highest BCUT2D eigenvalue weighted by Gasteiger charge is 2.26. The van der Waals surface area contributed by atoms with E-state index in [1.54, 1.807) is 0 Å². The fourth-order valence-electron chi connectivity index (χ4n) is 2.58. The van der Waals surface area contributed by atoms with Crippen molar-refractivity contribution in [2.24, 2.45) is 0 Å². The van der Waals surface area contributed by atoms with Crippen molar-refractivity contribution in [2.75, 3.05) is 25.0 Å². The number of piperidine rings is 1.